The quantitative estimate of drug-likeness (QED) is 0.160. The maximum atomic E-state index is 6.37. The largest absolute Gasteiger partial charge is 0.516 e. The predicted molar refractivity (Wildman–Crippen MR) is 161 cm³/mol. The Balaban J connectivity index is 0.00000267. The van der Waals surface area contributed by atoms with Crippen molar-refractivity contribution in [3.8, 4) is 17.2 Å². The maximum Gasteiger partial charge on any atom is 0.516 e. The summed E-state index contributed by atoms with van der Waals surface area (Å²) in [5, 5.41) is 0. The van der Waals surface area contributed by atoms with Crippen LogP contribution in [0.2, 0.25) is 0 Å². The van der Waals surface area contributed by atoms with Crippen LogP contribution in [0.1, 0.15) is 0 Å². The third-order valence-electron chi connectivity index (χ3n) is 7.81. The van der Waals surface area contributed by atoms with Gasteiger partial charge in [-0.15, -0.1) is 30.3 Å². The average molecular weight is 721 g/mol. The molecule has 6 heterocycles. The summed E-state index contributed by atoms with van der Waals surface area (Å²) in [5.74, 6) is 7.20. The fourth-order valence-corrected chi connectivity index (χ4v) is 6.01. The van der Waals surface area contributed by atoms with Crippen molar-refractivity contribution in [1.82, 2.24) is 9.55 Å². The van der Waals surface area contributed by atoms with Crippen LogP contribution in [-0.4, -0.2) is 23.5 Å². The van der Waals surface area contributed by atoms with E-state index in [1.165, 1.54) is 0 Å². The van der Waals surface area contributed by atoms with Crippen LogP contribution >= 0.6 is 0 Å². The Morgan fingerprint density at radius 1 is 0.738 bits per heavy atom. The number of fused-ring (bicyclic) bond motifs is 18. The van der Waals surface area contributed by atoms with Gasteiger partial charge in [0.2, 0.25) is 6.33 Å². The number of hydrogen-bond donors (Lipinski definition) is 0. The molecule has 4 aliphatic rings. The number of aromatic nitrogens is 3. The molecule has 5 aromatic rings. The van der Waals surface area contributed by atoms with E-state index in [-0.39, 0.29) is 35.0 Å². The second-order valence-corrected chi connectivity index (χ2v) is 10.2. The zero-order valence-corrected chi connectivity index (χ0v) is 24.4. The van der Waals surface area contributed by atoms with Crippen molar-refractivity contribution in [2.45, 2.75) is 0 Å². The summed E-state index contributed by atoms with van der Waals surface area (Å²) in [7, 11) is 0. The second-order valence-electron chi connectivity index (χ2n) is 10.2. The summed E-state index contributed by atoms with van der Waals surface area (Å²) in [6.07, 6.45) is 16.0. The summed E-state index contributed by atoms with van der Waals surface area (Å²) in [4.78, 5) is 11.8. The first-order chi connectivity index (χ1) is 20.3. The molecule has 0 aliphatic carbocycles. The number of anilines is 4. The molecule has 42 heavy (non-hydrogen) atoms. The molecule has 2 aromatic heterocycles. The molecule has 10 heteroatoms. The molecule has 0 N–H and O–H groups in total. The van der Waals surface area contributed by atoms with Crippen molar-refractivity contribution < 1.29 is 30.3 Å². The molecular weight excluding hydrogens is 701 g/mol. The van der Waals surface area contributed by atoms with Gasteiger partial charge in [0.1, 0.15) is 11.6 Å². The number of nitrogens with zero attached hydrogens (tertiary/aromatic N) is 6. The molecule has 0 radical (unpaired) electrons. The van der Waals surface area contributed by atoms with Gasteiger partial charge in [-0.25, -0.2) is 4.98 Å². The van der Waals surface area contributed by atoms with Crippen molar-refractivity contribution in [2.24, 2.45) is 0 Å². The number of ether oxygens (including phenoxy) is 1. The monoisotopic (exact) mass is 721 g/mol. The van der Waals surface area contributed by atoms with E-state index < -0.39 is 0 Å². The zero-order chi connectivity index (χ0) is 26.9. The number of pyridine rings is 1. The first kappa shape index (κ1) is 25.0. The maximum absolute atomic E-state index is 6.37. The van der Waals surface area contributed by atoms with Crippen molar-refractivity contribution in [3.05, 3.63) is 140 Å². The molecule has 202 valence electrons. The van der Waals surface area contributed by atoms with Crippen LogP contribution in [0.5, 0.6) is 11.5 Å². The number of benzene rings is 3. The minimum Gasteiger partial charge on any atom is -0.510 e. The van der Waals surface area contributed by atoms with Crippen LogP contribution in [0.3, 0.4) is 0 Å². The first-order valence-corrected chi connectivity index (χ1v) is 13.6. The van der Waals surface area contributed by atoms with Gasteiger partial charge in [0.25, 0.3) is 0 Å². The average Bonchev–Trinajstić information content (AvgIpc) is 3.57. The van der Waals surface area contributed by atoms with E-state index in [9.17, 15) is 0 Å². The molecule has 4 aliphatic heterocycles. The van der Waals surface area contributed by atoms with Gasteiger partial charge in [-0.05, 0) is 42.7 Å². The van der Waals surface area contributed by atoms with Crippen LogP contribution in [0, 0.1) is 18.5 Å². The molecule has 0 spiro atoms. The third-order valence-corrected chi connectivity index (χ3v) is 7.81. The smallest absolute Gasteiger partial charge is 0.510 e. The van der Waals surface area contributed by atoms with E-state index in [4.69, 9.17) is 9.72 Å². The third kappa shape index (κ3) is 3.73. The van der Waals surface area contributed by atoms with Gasteiger partial charge in [0.15, 0.2) is 0 Å². The summed E-state index contributed by atoms with van der Waals surface area (Å²) in [6, 6.07) is 31.5. The number of rotatable bonds is 0. The minimum atomic E-state index is -0.181. The zero-order valence-electron chi connectivity index (χ0n) is 22.1. The van der Waals surface area contributed by atoms with Crippen molar-refractivity contribution in [3.63, 3.8) is 0 Å². The van der Waals surface area contributed by atoms with Crippen LogP contribution < -0.4 is 23.6 Å². The topological polar surface area (TPSA) is 40.7 Å². The Kier molecular flexibility index (Phi) is 5.76. The molecule has 0 saturated carbocycles. The summed E-state index contributed by atoms with van der Waals surface area (Å²) in [6.45, 7) is -0.245. The van der Waals surface area contributed by atoms with Gasteiger partial charge >= 0.3 is 14.0 Å². The SMILES string of the molecule is [Pt].[c-]1c2cccc1-n1[c-][n+](c3ccccc31)B1C=CC=CN1c1cccc(n1)N1B3C=CC=CN3c3ccc([c-]c31)O2. The van der Waals surface area contributed by atoms with Gasteiger partial charge in [-0.2, -0.15) is 12.1 Å². The Hall–Kier alpha value is -4.74. The van der Waals surface area contributed by atoms with Gasteiger partial charge in [0, 0.05) is 38.1 Å². The number of allylic oxidation sites excluding steroid dienone is 4. The van der Waals surface area contributed by atoms with Crippen LogP contribution in [-0.2, 0) is 21.1 Å². The molecule has 0 saturated heterocycles. The first-order valence-electron chi connectivity index (χ1n) is 13.6. The second kappa shape index (κ2) is 9.67. The molecular formula is C32H20B2N6OPt-2. The standard InChI is InChI=1S/C32H20B2N6O.Pt/c1-2-12-28-27(11-1)36-23-39(28)33-17-3-6-20-38(33)31-13-8-14-32(35-31)40-30-22-26(41-25-10-7-9-24(36)21-25)15-16-29(30)37-19-5-4-18-34(37)40;/h1-20H;/q-2;. The van der Waals surface area contributed by atoms with E-state index in [1.807, 2.05) is 53.1 Å². The van der Waals surface area contributed by atoms with E-state index in [0.29, 0.717) is 11.5 Å². The van der Waals surface area contributed by atoms with Crippen LogP contribution in [0.15, 0.2) is 121 Å². The molecule has 9 rings (SSSR count). The Morgan fingerprint density at radius 2 is 1.55 bits per heavy atom. The molecule has 3 aromatic carbocycles. The van der Waals surface area contributed by atoms with E-state index in [0.717, 1.165) is 39.7 Å². The summed E-state index contributed by atoms with van der Waals surface area (Å²) >= 11 is 0. The molecule has 0 amide bonds. The van der Waals surface area contributed by atoms with E-state index >= 15 is 0 Å². The molecule has 0 atom stereocenters. The molecule has 0 unspecified atom stereocenters. The minimum absolute atomic E-state index is 0. The number of imidazole rings is 1. The van der Waals surface area contributed by atoms with Gasteiger partial charge in [0.05, 0.1) is 5.52 Å². The van der Waals surface area contributed by atoms with Crippen molar-refractivity contribution in [1.29, 1.82) is 0 Å². The molecule has 8 bridgehead atoms. The Labute approximate surface area is 258 Å². The molecule has 0 fully saturated rings. The van der Waals surface area contributed by atoms with Crippen LogP contribution in [0.4, 0.5) is 23.0 Å². The van der Waals surface area contributed by atoms with E-state index in [2.05, 4.69) is 110 Å². The fourth-order valence-electron chi connectivity index (χ4n) is 6.01. The van der Waals surface area contributed by atoms with Crippen molar-refractivity contribution >= 4 is 48.0 Å². The summed E-state index contributed by atoms with van der Waals surface area (Å²) < 4.78 is 10.6. The Morgan fingerprint density at radius 3 is 2.50 bits per heavy atom. The van der Waals surface area contributed by atoms with Gasteiger partial charge in [-0.3, -0.25) is 0 Å². The number of para-hydroxylation sites is 2. The predicted octanol–water partition coefficient (Wildman–Crippen LogP) is 5.35. The fraction of sp³-hybridized carbons (Fsp3) is 0. The number of hydrogen-bond acceptors (Lipinski definition) is 5. The van der Waals surface area contributed by atoms with Gasteiger partial charge in [-0.1, -0.05) is 65.5 Å². The van der Waals surface area contributed by atoms with Crippen molar-refractivity contribution in [2.75, 3.05) is 14.4 Å². The molecule has 7 nitrogen and oxygen atoms in total. The van der Waals surface area contributed by atoms with Crippen LogP contribution in [0.25, 0.3) is 16.7 Å². The summed E-state index contributed by atoms with van der Waals surface area (Å²) in [5.41, 5.74) is 4.85. The van der Waals surface area contributed by atoms with E-state index in [1.54, 1.807) is 0 Å². The Bertz CT molecular complexity index is 2000. The van der Waals surface area contributed by atoms with Gasteiger partial charge < -0.3 is 28.2 Å². The normalized spacial score (nSPS) is 15.5.